The number of hydrogen-bond acceptors (Lipinski definition) is 4. The van der Waals surface area contributed by atoms with E-state index >= 15 is 0 Å². The molecule has 7 heteroatoms. The summed E-state index contributed by atoms with van der Waals surface area (Å²) in [7, 11) is -1.77. The molecule has 1 N–H and O–H groups in total. The van der Waals surface area contributed by atoms with Crippen LogP contribution in [0, 0.1) is 0 Å². The van der Waals surface area contributed by atoms with Crippen molar-refractivity contribution in [1.29, 1.82) is 0 Å². The van der Waals surface area contributed by atoms with Crippen LogP contribution in [0.5, 0.6) is 0 Å². The quantitative estimate of drug-likeness (QED) is 0.637. The van der Waals surface area contributed by atoms with Gasteiger partial charge in [-0.25, -0.2) is 8.42 Å². The van der Waals surface area contributed by atoms with Crippen LogP contribution in [0.4, 0.5) is 5.69 Å². The summed E-state index contributed by atoms with van der Waals surface area (Å²) in [5.41, 5.74) is 3.69. The summed E-state index contributed by atoms with van der Waals surface area (Å²) in [4.78, 5) is 2.32. The third kappa shape index (κ3) is 5.07. The lowest BCUT2D eigenvalue weighted by molar-refractivity contribution is 0.172. The van der Waals surface area contributed by atoms with E-state index in [1.165, 1.54) is 5.56 Å². The van der Waals surface area contributed by atoms with E-state index in [4.69, 9.17) is 4.74 Å². The van der Waals surface area contributed by atoms with Crippen LogP contribution in [-0.2, 0) is 33.6 Å². The molecule has 2 aromatic carbocycles. The number of rotatable bonds is 8. The number of ether oxygens (including phenoxy) is 1. The van der Waals surface area contributed by atoms with Crippen LogP contribution in [0.25, 0.3) is 0 Å². The molecule has 5 nitrogen and oxygen atoms in total. The molecule has 0 unspecified atom stereocenters. The second kappa shape index (κ2) is 8.52. The normalized spacial score (nSPS) is 14.4. The molecule has 26 heavy (non-hydrogen) atoms. The lowest BCUT2D eigenvalue weighted by Gasteiger charge is -2.15. The van der Waals surface area contributed by atoms with Crippen molar-refractivity contribution in [2.45, 2.75) is 25.3 Å². The van der Waals surface area contributed by atoms with Crippen LogP contribution in [-0.4, -0.2) is 33.6 Å². The first kappa shape index (κ1) is 19.4. The Labute approximate surface area is 163 Å². The summed E-state index contributed by atoms with van der Waals surface area (Å²) < 4.78 is 34.0. The first-order valence-electron chi connectivity index (χ1n) is 8.54. The molecular weight excluding hydrogens is 416 g/mol. The Morgan fingerprint density at radius 2 is 2.00 bits per heavy atom. The van der Waals surface area contributed by atoms with E-state index < -0.39 is 10.0 Å². The molecule has 0 bridgehead atoms. The lowest BCUT2D eigenvalue weighted by Crippen LogP contribution is -2.19. The zero-order valence-electron chi connectivity index (χ0n) is 14.7. The van der Waals surface area contributed by atoms with Gasteiger partial charge in [0, 0.05) is 37.8 Å². The number of methoxy groups -OCH3 is 1. The molecule has 0 fully saturated rings. The molecule has 0 atom stereocenters. The van der Waals surface area contributed by atoms with E-state index in [0.29, 0.717) is 5.69 Å². The Bertz CT molecular complexity index is 871. The minimum Gasteiger partial charge on any atom is -0.385 e. The molecule has 0 amide bonds. The van der Waals surface area contributed by atoms with Gasteiger partial charge in [0.1, 0.15) is 0 Å². The van der Waals surface area contributed by atoms with Crippen LogP contribution in [0.1, 0.15) is 23.1 Å². The third-order valence-corrected chi connectivity index (χ3v) is 6.12. The van der Waals surface area contributed by atoms with Gasteiger partial charge < -0.3 is 4.74 Å². The SMILES string of the molecule is COCCCN1Cc2cccc(NS(=O)(=O)Cc3cccc(Br)c3)c2C1. The fourth-order valence-corrected chi connectivity index (χ4v) is 4.89. The molecule has 0 aliphatic carbocycles. The molecule has 1 aliphatic heterocycles. The third-order valence-electron chi connectivity index (χ3n) is 4.38. The minimum absolute atomic E-state index is 0.0480. The standard InChI is InChI=1S/C19H23BrN2O3S/c1-25-10-4-9-22-12-16-6-3-8-19(18(16)13-22)21-26(23,24)14-15-5-2-7-17(20)11-15/h2-3,5-8,11,21H,4,9-10,12-14H2,1H3. The van der Waals surface area contributed by atoms with Gasteiger partial charge in [-0.2, -0.15) is 0 Å². The number of hydrogen-bond donors (Lipinski definition) is 1. The van der Waals surface area contributed by atoms with Gasteiger partial charge in [0.25, 0.3) is 0 Å². The Morgan fingerprint density at radius 3 is 2.77 bits per heavy atom. The van der Waals surface area contributed by atoms with Crippen molar-refractivity contribution < 1.29 is 13.2 Å². The van der Waals surface area contributed by atoms with Gasteiger partial charge in [-0.05, 0) is 41.3 Å². The number of benzene rings is 2. The van der Waals surface area contributed by atoms with Crippen LogP contribution < -0.4 is 4.72 Å². The highest BCUT2D eigenvalue weighted by Gasteiger charge is 2.23. The molecule has 140 valence electrons. The zero-order valence-corrected chi connectivity index (χ0v) is 17.1. The molecule has 0 saturated heterocycles. The predicted octanol–water partition coefficient (Wildman–Crippen LogP) is 3.74. The molecule has 3 rings (SSSR count). The van der Waals surface area contributed by atoms with Gasteiger partial charge in [0.15, 0.2) is 0 Å². The second-order valence-electron chi connectivity index (χ2n) is 6.49. The fraction of sp³-hybridized carbons (Fsp3) is 0.368. The number of nitrogens with one attached hydrogen (secondary N) is 1. The van der Waals surface area contributed by atoms with E-state index in [1.54, 1.807) is 7.11 Å². The molecule has 0 saturated carbocycles. The van der Waals surface area contributed by atoms with E-state index in [0.717, 1.165) is 48.3 Å². The summed E-state index contributed by atoms with van der Waals surface area (Å²) in [5, 5.41) is 0. The van der Waals surface area contributed by atoms with Gasteiger partial charge in [-0.3, -0.25) is 9.62 Å². The summed E-state index contributed by atoms with van der Waals surface area (Å²) in [6.07, 6.45) is 0.967. The smallest absolute Gasteiger partial charge is 0.236 e. The highest BCUT2D eigenvalue weighted by Crippen LogP contribution is 2.30. The van der Waals surface area contributed by atoms with E-state index in [1.807, 2.05) is 36.4 Å². The lowest BCUT2D eigenvalue weighted by atomic mass is 10.1. The number of fused-ring (bicyclic) bond motifs is 1. The molecule has 2 aromatic rings. The van der Waals surface area contributed by atoms with Crippen molar-refractivity contribution >= 4 is 31.6 Å². The molecule has 1 heterocycles. The minimum atomic E-state index is -3.47. The summed E-state index contributed by atoms with van der Waals surface area (Å²) >= 11 is 3.38. The fourth-order valence-electron chi connectivity index (χ4n) is 3.23. The van der Waals surface area contributed by atoms with Crippen LogP contribution in [0.15, 0.2) is 46.9 Å². The van der Waals surface area contributed by atoms with E-state index in [-0.39, 0.29) is 5.75 Å². The van der Waals surface area contributed by atoms with Gasteiger partial charge in [-0.1, -0.05) is 40.2 Å². The van der Waals surface area contributed by atoms with Gasteiger partial charge in [0.2, 0.25) is 10.0 Å². The Kier molecular flexibility index (Phi) is 6.34. The van der Waals surface area contributed by atoms with Crippen molar-refractivity contribution in [3.05, 3.63) is 63.6 Å². The van der Waals surface area contributed by atoms with Gasteiger partial charge in [0.05, 0.1) is 11.4 Å². The largest absolute Gasteiger partial charge is 0.385 e. The van der Waals surface area contributed by atoms with Crippen LogP contribution in [0.3, 0.4) is 0 Å². The monoisotopic (exact) mass is 438 g/mol. The maximum Gasteiger partial charge on any atom is 0.236 e. The second-order valence-corrected chi connectivity index (χ2v) is 9.13. The van der Waals surface area contributed by atoms with E-state index in [2.05, 4.69) is 31.6 Å². The average molecular weight is 439 g/mol. The summed E-state index contributed by atoms with van der Waals surface area (Å²) in [6, 6.07) is 13.2. The van der Waals surface area contributed by atoms with Gasteiger partial charge in [-0.15, -0.1) is 0 Å². The maximum atomic E-state index is 12.6. The highest BCUT2D eigenvalue weighted by atomic mass is 79.9. The summed E-state index contributed by atoms with van der Waals surface area (Å²) in [6.45, 7) is 3.28. The molecule has 1 aliphatic rings. The van der Waals surface area contributed by atoms with Crippen molar-refractivity contribution in [3.8, 4) is 0 Å². The molecule has 0 radical (unpaired) electrons. The molecule has 0 aromatic heterocycles. The van der Waals surface area contributed by atoms with Crippen LogP contribution in [0.2, 0.25) is 0 Å². The van der Waals surface area contributed by atoms with Crippen molar-refractivity contribution in [3.63, 3.8) is 0 Å². The number of halogens is 1. The molecular formula is C19H23BrN2O3S. The topological polar surface area (TPSA) is 58.6 Å². The zero-order chi connectivity index (χ0) is 18.6. The van der Waals surface area contributed by atoms with Crippen molar-refractivity contribution in [2.24, 2.45) is 0 Å². The van der Waals surface area contributed by atoms with Crippen molar-refractivity contribution in [1.82, 2.24) is 4.90 Å². The molecule has 0 spiro atoms. The predicted molar refractivity (Wildman–Crippen MR) is 107 cm³/mol. The van der Waals surface area contributed by atoms with E-state index in [9.17, 15) is 8.42 Å². The van der Waals surface area contributed by atoms with Crippen molar-refractivity contribution in [2.75, 3.05) is 25.0 Å². The Morgan fingerprint density at radius 1 is 1.19 bits per heavy atom. The Balaban J connectivity index is 1.71. The van der Waals surface area contributed by atoms with Crippen LogP contribution >= 0.6 is 15.9 Å². The highest BCUT2D eigenvalue weighted by molar-refractivity contribution is 9.10. The Hall–Kier alpha value is -1.41. The average Bonchev–Trinajstić information content (AvgIpc) is 2.98. The first-order valence-corrected chi connectivity index (χ1v) is 11.0. The maximum absolute atomic E-state index is 12.6. The first-order chi connectivity index (χ1) is 12.5. The number of anilines is 1. The number of nitrogens with zero attached hydrogens (tertiary/aromatic N) is 1. The number of sulfonamides is 1. The summed E-state index contributed by atoms with van der Waals surface area (Å²) in [5.74, 6) is -0.0480. The van der Waals surface area contributed by atoms with Gasteiger partial charge >= 0.3 is 0 Å².